The number of methoxy groups -OCH3 is 1. The SMILES string of the molecule is COc1ccnc(C(=O)N[C@H]2COC(O)[C@H](Cc3ccccc3)[C@@H](OC(=O)C(C)C)[C@H](C)OC2O)c1OC(C)=O. The lowest BCUT2D eigenvalue weighted by Gasteiger charge is -2.34. The van der Waals surface area contributed by atoms with Crippen molar-refractivity contribution in [1.29, 1.82) is 0 Å². The van der Waals surface area contributed by atoms with Crippen LogP contribution in [0.4, 0.5) is 0 Å². The number of carbonyl (C=O) groups excluding carboxylic acids is 3. The van der Waals surface area contributed by atoms with E-state index in [9.17, 15) is 24.6 Å². The van der Waals surface area contributed by atoms with Gasteiger partial charge < -0.3 is 39.2 Å². The number of ether oxygens (including phenoxy) is 5. The standard InChI is InChI=1S/C28H36N2O10/c1-15(2)26(33)40-23-16(3)38-28(35)20(14-37-27(34)19(23)13-18-9-7-6-8-10-18)30-25(32)22-24(39-17(4)31)21(36-5)11-12-29-22/h6-12,15-16,19-20,23,27-28,34-35H,13-14H2,1-5H3,(H,30,32)/t16-,19+,20-,23-,27?,28?/m0/s1. The molecule has 1 aromatic carbocycles. The minimum Gasteiger partial charge on any atom is -0.493 e. The fourth-order valence-electron chi connectivity index (χ4n) is 4.21. The highest BCUT2D eigenvalue weighted by atomic mass is 16.6. The van der Waals surface area contributed by atoms with E-state index in [0.717, 1.165) is 12.5 Å². The summed E-state index contributed by atoms with van der Waals surface area (Å²) >= 11 is 0. The molecule has 3 rings (SSSR count). The zero-order valence-electron chi connectivity index (χ0n) is 23.1. The van der Waals surface area contributed by atoms with Crippen molar-refractivity contribution in [3.8, 4) is 11.5 Å². The van der Waals surface area contributed by atoms with Gasteiger partial charge in [-0.2, -0.15) is 0 Å². The first-order valence-electron chi connectivity index (χ1n) is 12.9. The van der Waals surface area contributed by atoms with Crippen LogP contribution >= 0.6 is 0 Å². The van der Waals surface area contributed by atoms with Crippen LogP contribution in [0.1, 0.15) is 43.7 Å². The molecule has 218 valence electrons. The van der Waals surface area contributed by atoms with Crippen molar-refractivity contribution in [1.82, 2.24) is 10.3 Å². The Labute approximate surface area is 232 Å². The van der Waals surface area contributed by atoms with Gasteiger partial charge in [-0.15, -0.1) is 0 Å². The fourth-order valence-corrected chi connectivity index (χ4v) is 4.21. The zero-order valence-corrected chi connectivity index (χ0v) is 23.1. The maximum atomic E-state index is 13.2. The average molecular weight is 561 g/mol. The third kappa shape index (κ3) is 7.98. The summed E-state index contributed by atoms with van der Waals surface area (Å²) < 4.78 is 27.6. The highest BCUT2D eigenvalue weighted by Gasteiger charge is 2.41. The van der Waals surface area contributed by atoms with E-state index in [4.69, 9.17) is 23.7 Å². The molecule has 2 heterocycles. The zero-order chi connectivity index (χ0) is 29.4. The van der Waals surface area contributed by atoms with Gasteiger partial charge >= 0.3 is 11.9 Å². The van der Waals surface area contributed by atoms with Gasteiger partial charge in [-0.1, -0.05) is 44.2 Å². The number of aromatic nitrogens is 1. The predicted molar refractivity (Wildman–Crippen MR) is 140 cm³/mol. The second-order valence-corrected chi connectivity index (χ2v) is 9.73. The molecule has 1 aliphatic heterocycles. The van der Waals surface area contributed by atoms with Crippen LogP contribution in [-0.2, 0) is 30.2 Å². The normalized spacial score (nSPS) is 25.2. The van der Waals surface area contributed by atoms with Gasteiger partial charge in [-0.25, -0.2) is 4.98 Å². The smallest absolute Gasteiger partial charge is 0.308 e. The van der Waals surface area contributed by atoms with Crippen LogP contribution in [0, 0.1) is 11.8 Å². The maximum absolute atomic E-state index is 13.2. The summed E-state index contributed by atoms with van der Waals surface area (Å²) in [4.78, 5) is 41.4. The number of pyridine rings is 1. The molecule has 0 saturated carbocycles. The molecule has 6 atom stereocenters. The predicted octanol–water partition coefficient (Wildman–Crippen LogP) is 1.61. The van der Waals surface area contributed by atoms with Crippen molar-refractivity contribution in [2.45, 2.75) is 64.9 Å². The van der Waals surface area contributed by atoms with E-state index in [2.05, 4.69) is 10.3 Å². The van der Waals surface area contributed by atoms with E-state index in [1.165, 1.54) is 19.4 Å². The molecule has 12 nitrogen and oxygen atoms in total. The van der Waals surface area contributed by atoms with Gasteiger partial charge in [-0.3, -0.25) is 14.4 Å². The number of rotatable bonds is 8. The lowest BCUT2D eigenvalue weighted by atomic mass is 9.90. The molecule has 0 aliphatic carbocycles. The summed E-state index contributed by atoms with van der Waals surface area (Å²) in [6, 6.07) is 9.50. The molecule has 1 aromatic heterocycles. The second kappa shape index (κ2) is 14.2. The summed E-state index contributed by atoms with van der Waals surface area (Å²) in [7, 11) is 1.34. The van der Waals surface area contributed by atoms with Crippen molar-refractivity contribution < 1.29 is 48.3 Å². The number of nitrogens with one attached hydrogen (secondary N) is 1. The largest absolute Gasteiger partial charge is 0.493 e. The molecule has 1 saturated heterocycles. The second-order valence-electron chi connectivity index (χ2n) is 9.73. The Bertz CT molecular complexity index is 1160. The van der Waals surface area contributed by atoms with Gasteiger partial charge in [0.15, 0.2) is 24.0 Å². The van der Waals surface area contributed by atoms with Crippen LogP contribution in [-0.4, -0.2) is 77.6 Å². The molecule has 12 heteroatoms. The Morgan fingerprint density at radius 1 is 1.12 bits per heavy atom. The number of benzene rings is 1. The Kier molecular flexibility index (Phi) is 11.0. The Balaban J connectivity index is 1.88. The molecule has 3 N–H and O–H groups in total. The van der Waals surface area contributed by atoms with E-state index in [-0.39, 0.29) is 30.2 Å². The molecule has 1 aliphatic rings. The molecule has 2 aromatic rings. The van der Waals surface area contributed by atoms with Gasteiger partial charge in [0, 0.05) is 19.2 Å². The minimum atomic E-state index is -1.63. The number of aliphatic hydroxyl groups excluding tert-OH is 2. The monoisotopic (exact) mass is 560 g/mol. The average Bonchev–Trinajstić information content (AvgIpc) is 2.95. The summed E-state index contributed by atoms with van der Waals surface area (Å²) in [6.45, 7) is 5.75. The fraction of sp³-hybridized carbons (Fsp3) is 0.500. The number of amides is 1. The Morgan fingerprint density at radius 3 is 2.45 bits per heavy atom. The molecule has 0 bridgehead atoms. The van der Waals surface area contributed by atoms with E-state index in [0.29, 0.717) is 0 Å². The van der Waals surface area contributed by atoms with Crippen LogP contribution in [0.3, 0.4) is 0 Å². The number of esters is 2. The van der Waals surface area contributed by atoms with Crippen molar-refractivity contribution in [2.75, 3.05) is 13.7 Å². The van der Waals surface area contributed by atoms with Crippen LogP contribution in [0.2, 0.25) is 0 Å². The van der Waals surface area contributed by atoms with E-state index < -0.39 is 60.5 Å². The molecule has 0 radical (unpaired) electrons. The Hall–Kier alpha value is -3.58. The first kappa shape index (κ1) is 31.0. The number of hydrogen-bond donors (Lipinski definition) is 3. The first-order chi connectivity index (χ1) is 19.0. The highest BCUT2D eigenvalue weighted by molar-refractivity contribution is 5.96. The van der Waals surface area contributed by atoms with Gasteiger partial charge in [0.25, 0.3) is 5.91 Å². The number of nitrogens with zero attached hydrogens (tertiary/aromatic N) is 1. The van der Waals surface area contributed by atoms with Gasteiger partial charge in [0.05, 0.1) is 31.7 Å². The number of carbonyl (C=O) groups is 3. The highest BCUT2D eigenvalue weighted by Crippen LogP contribution is 2.30. The molecule has 1 amide bonds. The summed E-state index contributed by atoms with van der Waals surface area (Å²) in [6.07, 6.45) is -3.42. The lowest BCUT2D eigenvalue weighted by molar-refractivity contribution is -0.201. The van der Waals surface area contributed by atoms with Crippen molar-refractivity contribution in [2.24, 2.45) is 11.8 Å². The van der Waals surface area contributed by atoms with Crippen LogP contribution < -0.4 is 14.8 Å². The third-order valence-corrected chi connectivity index (χ3v) is 6.30. The number of hydrogen-bond acceptors (Lipinski definition) is 11. The summed E-state index contributed by atoms with van der Waals surface area (Å²) in [5.41, 5.74) is 0.584. The molecular weight excluding hydrogens is 524 g/mol. The summed E-state index contributed by atoms with van der Waals surface area (Å²) in [5, 5.41) is 24.6. The summed E-state index contributed by atoms with van der Waals surface area (Å²) in [5.74, 6) is -3.35. The van der Waals surface area contributed by atoms with Crippen molar-refractivity contribution in [3.63, 3.8) is 0 Å². The van der Waals surface area contributed by atoms with Crippen molar-refractivity contribution in [3.05, 3.63) is 53.9 Å². The molecule has 0 spiro atoms. The van der Waals surface area contributed by atoms with Gasteiger partial charge in [-0.05, 0) is 18.9 Å². The molecule has 40 heavy (non-hydrogen) atoms. The Morgan fingerprint density at radius 2 is 1.82 bits per heavy atom. The lowest BCUT2D eigenvalue weighted by Crippen LogP contribution is -2.49. The minimum absolute atomic E-state index is 0.0977. The van der Waals surface area contributed by atoms with Crippen LogP contribution in [0.5, 0.6) is 11.5 Å². The van der Waals surface area contributed by atoms with E-state index >= 15 is 0 Å². The van der Waals surface area contributed by atoms with Gasteiger partial charge in [0.1, 0.15) is 12.1 Å². The van der Waals surface area contributed by atoms with E-state index in [1.54, 1.807) is 20.8 Å². The van der Waals surface area contributed by atoms with Crippen molar-refractivity contribution >= 4 is 17.8 Å². The third-order valence-electron chi connectivity index (χ3n) is 6.30. The quantitative estimate of drug-likeness (QED) is 0.402. The maximum Gasteiger partial charge on any atom is 0.308 e. The van der Waals surface area contributed by atoms with Crippen LogP contribution in [0.15, 0.2) is 42.6 Å². The molecule has 2 unspecified atom stereocenters. The molecule has 1 fully saturated rings. The first-order valence-corrected chi connectivity index (χ1v) is 12.9. The number of aliphatic hydroxyl groups is 2. The molecular formula is C28H36N2O10. The van der Waals surface area contributed by atoms with E-state index in [1.807, 2.05) is 30.3 Å². The topological polar surface area (TPSA) is 163 Å². The van der Waals surface area contributed by atoms with Crippen LogP contribution in [0.25, 0.3) is 0 Å². The van der Waals surface area contributed by atoms with Gasteiger partial charge in [0.2, 0.25) is 5.75 Å².